The number of nitrogens with zero attached hydrogens (tertiary/aromatic N) is 1. The molecule has 0 aromatic heterocycles. The largest absolute Gasteiger partial charge is 0.449 e. The van der Waals surface area contributed by atoms with Crippen molar-refractivity contribution in [2.75, 3.05) is 13.2 Å². The summed E-state index contributed by atoms with van der Waals surface area (Å²) < 4.78 is 33.6. The molecule has 1 heterocycles. The lowest BCUT2D eigenvalue weighted by atomic mass is 10.0. The van der Waals surface area contributed by atoms with E-state index in [0.717, 1.165) is 6.42 Å². The Morgan fingerprint density at radius 2 is 2.12 bits per heavy atom. The average molecular weight is 265 g/mol. The molecule has 0 saturated carbocycles. The van der Waals surface area contributed by atoms with Crippen molar-refractivity contribution in [3.8, 4) is 0 Å². The van der Waals surface area contributed by atoms with Crippen molar-refractivity contribution in [2.24, 2.45) is 0 Å². The maximum Gasteiger partial charge on any atom is 0.425 e. The number of amides is 1. The summed E-state index contributed by atoms with van der Waals surface area (Å²) in [6.07, 6.45) is 1.18. The molecule has 17 heavy (non-hydrogen) atoms. The first-order valence-electron chi connectivity index (χ1n) is 5.68. The monoisotopic (exact) mass is 265 g/mol. The standard InChI is InChI=1S/C10H19NO5S/c1-4-5-7-15-9(12)11-10(2,3)6-8-16-17(11,13)14/h4-8H2,1-3H3. The topological polar surface area (TPSA) is 72.9 Å². The van der Waals surface area contributed by atoms with Crippen molar-refractivity contribution < 1.29 is 22.1 Å². The summed E-state index contributed by atoms with van der Waals surface area (Å²) in [4.78, 5) is 11.7. The molecule has 1 amide bonds. The second-order valence-corrected chi connectivity index (χ2v) is 6.03. The Morgan fingerprint density at radius 1 is 1.47 bits per heavy atom. The van der Waals surface area contributed by atoms with Gasteiger partial charge in [-0.2, -0.15) is 12.7 Å². The molecule has 1 rings (SSSR count). The predicted octanol–water partition coefficient (Wildman–Crippen LogP) is 1.67. The van der Waals surface area contributed by atoms with Crippen molar-refractivity contribution in [1.82, 2.24) is 4.31 Å². The molecule has 1 aliphatic rings. The van der Waals surface area contributed by atoms with Crippen LogP contribution in [-0.4, -0.2) is 37.6 Å². The van der Waals surface area contributed by atoms with Crippen molar-refractivity contribution in [1.29, 1.82) is 0 Å². The molecule has 0 aromatic carbocycles. The molecular weight excluding hydrogens is 246 g/mol. The maximum atomic E-state index is 11.7. The third-order valence-corrected chi connectivity index (χ3v) is 4.16. The minimum atomic E-state index is -4.01. The van der Waals surface area contributed by atoms with Gasteiger partial charge in [0.05, 0.1) is 18.8 Å². The van der Waals surface area contributed by atoms with Crippen molar-refractivity contribution in [2.45, 2.75) is 45.6 Å². The van der Waals surface area contributed by atoms with Gasteiger partial charge >= 0.3 is 16.4 Å². The lowest BCUT2D eigenvalue weighted by Crippen LogP contribution is -2.55. The summed E-state index contributed by atoms with van der Waals surface area (Å²) in [5, 5.41) is 0. The van der Waals surface area contributed by atoms with Gasteiger partial charge in [-0.25, -0.2) is 4.79 Å². The van der Waals surface area contributed by atoms with Crippen molar-refractivity contribution in [3.05, 3.63) is 0 Å². The first kappa shape index (κ1) is 14.2. The zero-order valence-electron chi connectivity index (χ0n) is 10.4. The number of carbonyl (C=O) groups is 1. The van der Waals surface area contributed by atoms with Crippen LogP contribution in [0.4, 0.5) is 4.79 Å². The van der Waals surface area contributed by atoms with Crippen LogP contribution >= 0.6 is 0 Å². The number of rotatable bonds is 3. The number of carbonyl (C=O) groups excluding carboxylic acids is 1. The third-order valence-electron chi connectivity index (χ3n) is 2.61. The highest BCUT2D eigenvalue weighted by Crippen LogP contribution is 2.29. The fourth-order valence-corrected chi connectivity index (χ4v) is 2.89. The first-order chi connectivity index (χ1) is 7.81. The Kier molecular flexibility index (Phi) is 4.37. The van der Waals surface area contributed by atoms with E-state index < -0.39 is 21.9 Å². The molecule has 1 saturated heterocycles. The molecule has 0 bridgehead atoms. The van der Waals surface area contributed by atoms with Gasteiger partial charge in [-0.05, 0) is 26.7 Å². The van der Waals surface area contributed by atoms with E-state index in [4.69, 9.17) is 4.74 Å². The highest BCUT2D eigenvalue weighted by Gasteiger charge is 2.45. The molecule has 1 fully saturated rings. The fourth-order valence-electron chi connectivity index (χ4n) is 1.55. The Labute approximate surface area is 102 Å². The van der Waals surface area contributed by atoms with Crippen LogP contribution in [0.2, 0.25) is 0 Å². The maximum absolute atomic E-state index is 11.7. The van der Waals surface area contributed by atoms with Crippen molar-refractivity contribution >= 4 is 16.4 Å². The van der Waals surface area contributed by atoms with E-state index in [9.17, 15) is 13.2 Å². The zero-order valence-corrected chi connectivity index (χ0v) is 11.2. The summed E-state index contributed by atoms with van der Waals surface area (Å²) in [5.74, 6) is 0. The fraction of sp³-hybridized carbons (Fsp3) is 0.900. The van der Waals surface area contributed by atoms with E-state index >= 15 is 0 Å². The van der Waals surface area contributed by atoms with Crippen LogP contribution in [0.5, 0.6) is 0 Å². The van der Waals surface area contributed by atoms with Gasteiger partial charge in [0.2, 0.25) is 0 Å². The van der Waals surface area contributed by atoms with Gasteiger partial charge in [-0.1, -0.05) is 13.3 Å². The van der Waals surface area contributed by atoms with Crippen LogP contribution in [0.15, 0.2) is 0 Å². The highest BCUT2D eigenvalue weighted by molar-refractivity contribution is 7.85. The minimum Gasteiger partial charge on any atom is -0.449 e. The lowest BCUT2D eigenvalue weighted by Gasteiger charge is -2.39. The molecule has 7 heteroatoms. The molecule has 0 aliphatic carbocycles. The summed E-state index contributed by atoms with van der Waals surface area (Å²) in [6.45, 7) is 5.62. The quantitative estimate of drug-likeness (QED) is 0.726. The second-order valence-electron chi connectivity index (χ2n) is 4.57. The second kappa shape index (κ2) is 5.22. The van der Waals surface area contributed by atoms with Gasteiger partial charge in [-0.15, -0.1) is 0 Å². The Hall–Kier alpha value is -0.820. The van der Waals surface area contributed by atoms with Gasteiger partial charge in [0.1, 0.15) is 0 Å². The minimum absolute atomic E-state index is 0.0913. The summed E-state index contributed by atoms with van der Waals surface area (Å²) >= 11 is 0. The van der Waals surface area contributed by atoms with E-state index in [0.29, 0.717) is 17.1 Å². The number of ether oxygens (including phenoxy) is 1. The van der Waals surface area contributed by atoms with Crippen LogP contribution in [0.3, 0.4) is 0 Å². The van der Waals surface area contributed by atoms with E-state index in [1.54, 1.807) is 13.8 Å². The van der Waals surface area contributed by atoms with E-state index in [2.05, 4.69) is 4.18 Å². The normalized spacial score (nSPS) is 22.2. The van der Waals surface area contributed by atoms with E-state index in [1.807, 2.05) is 6.92 Å². The molecule has 0 radical (unpaired) electrons. The van der Waals surface area contributed by atoms with Gasteiger partial charge in [-0.3, -0.25) is 4.18 Å². The van der Waals surface area contributed by atoms with E-state index in [-0.39, 0.29) is 13.2 Å². The molecule has 0 N–H and O–H groups in total. The molecule has 6 nitrogen and oxygen atoms in total. The van der Waals surface area contributed by atoms with E-state index in [1.165, 1.54) is 0 Å². The third kappa shape index (κ3) is 3.32. The molecule has 1 aliphatic heterocycles. The summed E-state index contributed by atoms with van der Waals surface area (Å²) in [5.41, 5.74) is -0.805. The van der Waals surface area contributed by atoms with Crippen LogP contribution < -0.4 is 0 Å². The molecule has 0 atom stereocenters. The summed E-state index contributed by atoms with van der Waals surface area (Å²) in [6, 6.07) is 0. The smallest absolute Gasteiger partial charge is 0.425 e. The molecule has 0 aromatic rings. The van der Waals surface area contributed by atoms with Crippen LogP contribution in [0.1, 0.15) is 40.0 Å². The van der Waals surface area contributed by atoms with Crippen LogP contribution in [-0.2, 0) is 19.2 Å². The van der Waals surface area contributed by atoms with Crippen molar-refractivity contribution in [3.63, 3.8) is 0 Å². The zero-order chi connectivity index (χ0) is 13.1. The SMILES string of the molecule is CCCCOC(=O)N1C(C)(C)CCOS1(=O)=O. The molecular formula is C10H19NO5S. The number of unbranched alkanes of at least 4 members (excludes halogenated alkanes) is 1. The molecule has 0 unspecified atom stereocenters. The first-order valence-corrected chi connectivity index (χ1v) is 7.04. The van der Waals surface area contributed by atoms with Gasteiger partial charge in [0.15, 0.2) is 0 Å². The average Bonchev–Trinajstić information content (AvgIpc) is 2.14. The van der Waals surface area contributed by atoms with Gasteiger partial charge < -0.3 is 4.74 Å². The van der Waals surface area contributed by atoms with Crippen LogP contribution in [0.25, 0.3) is 0 Å². The molecule has 100 valence electrons. The number of hydrogen-bond acceptors (Lipinski definition) is 5. The summed E-state index contributed by atoms with van der Waals surface area (Å²) in [7, 11) is -4.01. The predicted molar refractivity (Wildman–Crippen MR) is 61.7 cm³/mol. The highest BCUT2D eigenvalue weighted by atomic mass is 32.2. The number of hydrogen-bond donors (Lipinski definition) is 0. The Bertz CT molecular complexity index is 376. The lowest BCUT2D eigenvalue weighted by molar-refractivity contribution is 0.0695. The Balaban J connectivity index is 2.79. The van der Waals surface area contributed by atoms with Crippen LogP contribution in [0, 0.1) is 0 Å². The molecule has 0 spiro atoms. The van der Waals surface area contributed by atoms with Gasteiger partial charge in [0.25, 0.3) is 0 Å². The Morgan fingerprint density at radius 3 is 2.65 bits per heavy atom. The van der Waals surface area contributed by atoms with Gasteiger partial charge in [0, 0.05) is 0 Å².